The van der Waals surface area contributed by atoms with Crippen LogP contribution >= 0.6 is 0 Å². The first-order chi connectivity index (χ1) is 11.2. The Morgan fingerprint density at radius 3 is 3.04 bits per heavy atom. The molecule has 0 saturated heterocycles. The summed E-state index contributed by atoms with van der Waals surface area (Å²) in [7, 11) is 0. The molecular formula is C19H27N3O. The van der Waals surface area contributed by atoms with Crippen LogP contribution in [0.4, 0.5) is 0 Å². The summed E-state index contributed by atoms with van der Waals surface area (Å²) in [5.41, 5.74) is 8.36. The van der Waals surface area contributed by atoms with Gasteiger partial charge in [-0.1, -0.05) is 44.4 Å². The summed E-state index contributed by atoms with van der Waals surface area (Å²) in [6, 6.07) is 7.93. The van der Waals surface area contributed by atoms with Crippen molar-refractivity contribution >= 4 is 16.8 Å². The van der Waals surface area contributed by atoms with Crippen LogP contribution in [0.2, 0.25) is 0 Å². The molecule has 23 heavy (non-hydrogen) atoms. The molecule has 2 aromatic rings. The maximum Gasteiger partial charge on any atom is 0.237 e. The van der Waals surface area contributed by atoms with Crippen LogP contribution in [-0.2, 0) is 11.2 Å². The van der Waals surface area contributed by atoms with Crippen LogP contribution in [0.5, 0.6) is 0 Å². The summed E-state index contributed by atoms with van der Waals surface area (Å²) in [6.07, 6.45) is 8.43. The number of fused-ring (bicyclic) bond motifs is 1. The largest absolute Gasteiger partial charge is 0.361 e. The highest BCUT2D eigenvalue weighted by atomic mass is 16.2. The van der Waals surface area contributed by atoms with Crippen molar-refractivity contribution in [2.24, 2.45) is 11.7 Å². The first-order valence-corrected chi connectivity index (χ1v) is 8.78. The fourth-order valence-electron chi connectivity index (χ4n) is 3.73. The Labute approximate surface area is 137 Å². The van der Waals surface area contributed by atoms with Gasteiger partial charge in [0, 0.05) is 23.1 Å². The van der Waals surface area contributed by atoms with Crippen molar-refractivity contribution in [3.63, 3.8) is 0 Å². The fourth-order valence-corrected chi connectivity index (χ4v) is 3.73. The van der Waals surface area contributed by atoms with Crippen molar-refractivity contribution in [1.82, 2.24) is 10.3 Å². The van der Waals surface area contributed by atoms with E-state index in [0.717, 1.165) is 35.2 Å². The summed E-state index contributed by atoms with van der Waals surface area (Å²) in [5, 5.41) is 4.32. The molecule has 1 fully saturated rings. The van der Waals surface area contributed by atoms with E-state index in [2.05, 4.69) is 23.3 Å². The van der Waals surface area contributed by atoms with Crippen LogP contribution in [0.1, 0.15) is 44.6 Å². The standard InChI is InChI=1S/C19H27N3O/c1-2-13-6-5-7-15(10-13)22-19(23)17(20)11-14-12-21-18-9-4-3-8-16(14)18/h3-4,8-9,12-13,15,17,21H,2,5-7,10-11,20H2,1H3,(H,22,23)/t13?,15?,17-/m0/s1. The summed E-state index contributed by atoms with van der Waals surface area (Å²) in [4.78, 5) is 15.7. The molecule has 0 radical (unpaired) electrons. The third-order valence-corrected chi connectivity index (χ3v) is 5.16. The number of para-hydroxylation sites is 1. The number of rotatable bonds is 5. The molecule has 0 aliphatic heterocycles. The molecule has 4 heteroatoms. The quantitative estimate of drug-likeness (QED) is 0.793. The lowest BCUT2D eigenvalue weighted by Gasteiger charge is -2.29. The van der Waals surface area contributed by atoms with Crippen molar-refractivity contribution in [2.45, 2.75) is 57.5 Å². The van der Waals surface area contributed by atoms with E-state index in [1.165, 1.54) is 19.3 Å². The van der Waals surface area contributed by atoms with Crippen LogP contribution in [0.3, 0.4) is 0 Å². The molecule has 2 unspecified atom stereocenters. The van der Waals surface area contributed by atoms with E-state index in [4.69, 9.17) is 5.73 Å². The SMILES string of the molecule is CCC1CCCC(NC(=O)[C@@H](N)Cc2c[nH]c3ccccc23)C1. The smallest absolute Gasteiger partial charge is 0.237 e. The molecule has 1 amide bonds. The monoisotopic (exact) mass is 313 g/mol. The first-order valence-electron chi connectivity index (χ1n) is 8.78. The molecule has 1 saturated carbocycles. The van der Waals surface area contributed by atoms with Gasteiger partial charge in [-0.05, 0) is 36.8 Å². The number of carbonyl (C=O) groups is 1. The van der Waals surface area contributed by atoms with E-state index < -0.39 is 6.04 Å². The van der Waals surface area contributed by atoms with Gasteiger partial charge in [-0.2, -0.15) is 0 Å². The van der Waals surface area contributed by atoms with Gasteiger partial charge in [0.1, 0.15) is 0 Å². The minimum absolute atomic E-state index is 0.0166. The summed E-state index contributed by atoms with van der Waals surface area (Å²) in [5.74, 6) is 0.732. The van der Waals surface area contributed by atoms with Crippen LogP contribution in [0.15, 0.2) is 30.5 Å². The van der Waals surface area contributed by atoms with E-state index in [1.54, 1.807) is 0 Å². The second kappa shape index (κ2) is 7.18. The fraction of sp³-hybridized carbons (Fsp3) is 0.526. The molecular weight excluding hydrogens is 286 g/mol. The van der Waals surface area contributed by atoms with Crippen molar-refractivity contribution in [3.8, 4) is 0 Å². The number of carbonyl (C=O) groups excluding carboxylic acids is 1. The molecule has 1 aliphatic rings. The second-order valence-electron chi connectivity index (χ2n) is 6.82. The van der Waals surface area contributed by atoms with E-state index >= 15 is 0 Å². The molecule has 0 spiro atoms. The summed E-state index contributed by atoms with van der Waals surface area (Å²) >= 11 is 0. The number of nitrogens with two attached hydrogens (primary N) is 1. The third kappa shape index (κ3) is 3.75. The Morgan fingerprint density at radius 2 is 2.22 bits per heavy atom. The zero-order valence-corrected chi connectivity index (χ0v) is 13.8. The summed E-state index contributed by atoms with van der Waals surface area (Å²) < 4.78 is 0. The van der Waals surface area contributed by atoms with E-state index in [1.807, 2.05) is 24.4 Å². The molecule has 4 nitrogen and oxygen atoms in total. The Hall–Kier alpha value is -1.81. The molecule has 3 atom stereocenters. The van der Waals surface area contributed by atoms with Crippen molar-refractivity contribution in [2.75, 3.05) is 0 Å². The number of aromatic nitrogens is 1. The second-order valence-corrected chi connectivity index (χ2v) is 6.82. The predicted molar refractivity (Wildman–Crippen MR) is 94.2 cm³/mol. The molecule has 1 heterocycles. The van der Waals surface area contributed by atoms with E-state index in [0.29, 0.717) is 12.5 Å². The van der Waals surface area contributed by atoms with Gasteiger partial charge in [-0.25, -0.2) is 0 Å². The van der Waals surface area contributed by atoms with Gasteiger partial charge in [-0.3, -0.25) is 4.79 Å². The van der Waals surface area contributed by atoms with Crippen LogP contribution in [0.25, 0.3) is 10.9 Å². The van der Waals surface area contributed by atoms with Crippen molar-refractivity contribution in [3.05, 3.63) is 36.0 Å². The Balaban J connectivity index is 1.59. The number of H-pyrrole nitrogens is 1. The molecule has 1 aromatic carbocycles. The minimum Gasteiger partial charge on any atom is -0.361 e. The number of amides is 1. The van der Waals surface area contributed by atoms with Gasteiger partial charge in [0.05, 0.1) is 6.04 Å². The Morgan fingerprint density at radius 1 is 1.39 bits per heavy atom. The zero-order chi connectivity index (χ0) is 16.2. The predicted octanol–water partition coefficient (Wildman–Crippen LogP) is 3.12. The van der Waals surface area contributed by atoms with E-state index in [9.17, 15) is 4.79 Å². The van der Waals surface area contributed by atoms with Gasteiger partial charge < -0.3 is 16.0 Å². The maximum atomic E-state index is 12.4. The molecule has 3 rings (SSSR count). The number of hydrogen-bond acceptors (Lipinski definition) is 2. The lowest BCUT2D eigenvalue weighted by molar-refractivity contribution is -0.123. The molecule has 1 aromatic heterocycles. The van der Waals surface area contributed by atoms with Crippen LogP contribution < -0.4 is 11.1 Å². The first kappa shape index (κ1) is 16.1. The maximum absolute atomic E-state index is 12.4. The average molecular weight is 313 g/mol. The lowest BCUT2D eigenvalue weighted by Crippen LogP contribution is -2.47. The summed E-state index contributed by atoms with van der Waals surface area (Å²) in [6.45, 7) is 2.23. The number of benzene rings is 1. The highest BCUT2D eigenvalue weighted by Crippen LogP contribution is 2.26. The highest BCUT2D eigenvalue weighted by molar-refractivity contribution is 5.86. The van der Waals surface area contributed by atoms with Crippen molar-refractivity contribution in [1.29, 1.82) is 0 Å². The van der Waals surface area contributed by atoms with Gasteiger partial charge >= 0.3 is 0 Å². The lowest BCUT2D eigenvalue weighted by atomic mass is 9.84. The topological polar surface area (TPSA) is 70.9 Å². The zero-order valence-electron chi connectivity index (χ0n) is 13.8. The molecule has 124 valence electrons. The molecule has 1 aliphatic carbocycles. The minimum atomic E-state index is -0.490. The van der Waals surface area contributed by atoms with Crippen LogP contribution in [-0.4, -0.2) is 23.0 Å². The Kier molecular flexibility index (Phi) is 5.01. The van der Waals surface area contributed by atoms with Gasteiger partial charge in [0.25, 0.3) is 0 Å². The Bertz CT molecular complexity index is 663. The molecule has 0 bridgehead atoms. The van der Waals surface area contributed by atoms with Crippen molar-refractivity contribution < 1.29 is 4.79 Å². The van der Waals surface area contributed by atoms with Gasteiger partial charge in [0.15, 0.2) is 0 Å². The number of nitrogens with one attached hydrogen (secondary N) is 2. The van der Waals surface area contributed by atoms with Gasteiger partial charge in [-0.15, -0.1) is 0 Å². The van der Waals surface area contributed by atoms with Gasteiger partial charge in [0.2, 0.25) is 5.91 Å². The average Bonchev–Trinajstić information content (AvgIpc) is 2.98. The third-order valence-electron chi connectivity index (χ3n) is 5.16. The van der Waals surface area contributed by atoms with E-state index in [-0.39, 0.29) is 5.91 Å². The normalized spacial score (nSPS) is 22.9. The highest BCUT2D eigenvalue weighted by Gasteiger charge is 2.24. The van der Waals surface area contributed by atoms with Crippen LogP contribution in [0, 0.1) is 5.92 Å². The number of hydrogen-bond donors (Lipinski definition) is 3. The number of aromatic amines is 1. The molecule has 4 N–H and O–H groups in total.